The molecular formula is C16H13F3N2O6S. The Morgan fingerprint density at radius 2 is 1.68 bits per heavy atom. The number of benzene rings is 2. The Hall–Kier alpha value is -2.99. The van der Waals surface area contributed by atoms with Gasteiger partial charge in [-0.25, -0.2) is 8.42 Å². The summed E-state index contributed by atoms with van der Waals surface area (Å²) in [5, 5.41) is 22.2. The van der Waals surface area contributed by atoms with E-state index in [-0.39, 0.29) is 11.8 Å². The summed E-state index contributed by atoms with van der Waals surface area (Å²) >= 11 is 0. The lowest BCUT2D eigenvalue weighted by Gasteiger charge is -2.24. The van der Waals surface area contributed by atoms with Crippen LogP contribution in [-0.4, -0.2) is 36.1 Å². The second kappa shape index (κ2) is 7.20. The van der Waals surface area contributed by atoms with Crippen LogP contribution in [0.2, 0.25) is 0 Å². The normalized spacial score (nSPS) is 14.2. The quantitative estimate of drug-likeness (QED) is 0.568. The first kappa shape index (κ1) is 21.3. The third kappa shape index (κ3) is 3.97. The molecule has 8 nitrogen and oxygen atoms in total. The summed E-state index contributed by atoms with van der Waals surface area (Å²) in [6.07, 6.45) is -5.33. The number of hydrogen-bond acceptors (Lipinski definition) is 6. The molecule has 0 heterocycles. The Kier molecular flexibility index (Phi) is 5.48. The summed E-state index contributed by atoms with van der Waals surface area (Å²) in [5.41, 5.74) is -5.47. The van der Waals surface area contributed by atoms with Gasteiger partial charge < -0.3 is 10.4 Å². The van der Waals surface area contributed by atoms with Crippen molar-refractivity contribution in [3.63, 3.8) is 0 Å². The van der Waals surface area contributed by atoms with E-state index >= 15 is 0 Å². The zero-order chi connectivity index (χ0) is 21.3. The number of hydrogen-bond donors (Lipinski definition) is 2. The average Bonchev–Trinajstić information content (AvgIpc) is 2.61. The molecule has 0 radical (unpaired) electrons. The summed E-state index contributed by atoms with van der Waals surface area (Å²) in [6, 6.07) is 9.25. The van der Waals surface area contributed by atoms with Crippen molar-refractivity contribution < 1.29 is 36.4 Å². The molecule has 0 aliphatic carbocycles. The van der Waals surface area contributed by atoms with Gasteiger partial charge in [0.2, 0.25) is 15.4 Å². The van der Waals surface area contributed by atoms with E-state index in [0.717, 1.165) is 12.1 Å². The molecule has 2 aromatic rings. The van der Waals surface area contributed by atoms with E-state index in [2.05, 4.69) is 0 Å². The number of rotatable bonds is 5. The first-order valence-electron chi connectivity index (χ1n) is 7.47. The minimum absolute atomic E-state index is 0.152. The van der Waals surface area contributed by atoms with E-state index in [1.54, 1.807) is 11.4 Å². The average molecular weight is 418 g/mol. The summed E-state index contributed by atoms with van der Waals surface area (Å²) < 4.78 is 63.3. The van der Waals surface area contributed by atoms with Crippen LogP contribution in [0, 0.1) is 10.1 Å². The molecule has 0 aromatic heterocycles. The van der Waals surface area contributed by atoms with Crippen LogP contribution in [0.1, 0.15) is 6.92 Å². The SMILES string of the molecule is CC(O)(C(=O)Nc1ccc(S(=O)(=O)c2ccccc2)cc1[N+](=O)[O-])C(F)(F)F. The number of amides is 1. The zero-order valence-electron chi connectivity index (χ0n) is 14.1. The number of carbonyl (C=O) groups excluding carboxylic acids is 1. The van der Waals surface area contributed by atoms with Crippen molar-refractivity contribution in [3.8, 4) is 0 Å². The van der Waals surface area contributed by atoms with Gasteiger partial charge in [0.25, 0.3) is 11.6 Å². The molecule has 2 N–H and O–H groups in total. The summed E-state index contributed by atoms with van der Waals surface area (Å²) in [4.78, 5) is 21.3. The van der Waals surface area contributed by atoms with Crippen LogP contribution < -0.4 is 5.32 Å². The zero-order valence-corrected chi connectivity index (χ0v) is 14.9. The van der Waals surface area contributed by atoms with Crippen LogP contribution in [0.25, 0.3) is 0 Å². The molecule has 2 aromatic carbocycles. The lowest BCUT2D eigenvalue weighted by Crippen LogP contribution is -2.52. The van der Waals surface area contributed by atoms with E-state index in [1.165, 1.54) is 24.3 Å². The molecule has 0 aliphatic heterocycles. The lowest BCUT2D eigenvalue weighted by atomic mass is 10.1. The first-order valence-corrected chi connectivity index (χ1v) is 8.96. The largest absolute Gasteiger partial charge is 0.426 e. The Morgan fingerprint density at radius 1 is 1.11 bits per heavy atom. The summed E-state index contributed by atoms with van der Waals surface area (Å²) in [7, 11) is -4.14. The Morgan fingerprint density at radius 3 is 2.18 bits per heavy atom. The highest BCUT2D eigenvalue weighted by molar-refractivity contribution is 7.91. The van der Waals surface area contributed by atoms with Crippen LogP contribution in [0.5, 0.6) is 0 Å². The fourth-order valence-electron chi connectivity index (χ4n) is 2.04. The maximum absolute atomic E-state index is 12.7. The fourth-order valence-corrected chi connectivity index (χ4v) is 3.35. The van der Waals surface area contributed by atoms with Gasteiger partial charge in [0.15, 0.2) is 0 Å². The van der Waals surface area contributed by atoms with Gasteiger partial charge in [-0.1, -0.05) is 18.2 Å². The number of anilines is 1. The highest BCUT2D eigenvalue weighted by atomic mass is 32.2. The second-order valence-corrected chi connectivity index (χ2v) is 7.73. The van der Waals surface area contributed by atoms with E-state index in [0.29, 0.717) is 6.07 Å². The number of nitro benzene ring substituents is 1. The van der Waals surface area contributed by atoms with Crippen molar-refractivity contribution in [3.05, 3.63) is 58.6 Å². The van der Waals surface area contributed by atoms with Crippen LogP contribution in [-0.2, 0) is 14.6 Å². The lowest BCUT2D eigenvalue weighted by molar-refractivity contribution is -0.384. The number of carbonyl (C=O) groups is 1. The third-order valence-electron chi connectivity index (χ3n) is 3.77. The molecule has 150 valence electrons. The fraction of sp³-hybridized carbons (Fsp3) is 0.188. The predicted octanol–water partition coefficient (Wildman–Crippen LogP) is 2.68. The van der Waals surface area contributed by atoms with Crippen molar-refractivity contribution in [2.45, 2.75) is 28.5 Å². The van der Waals surface area contributed by atoms with Crippen LogP contribution in [0.15, 0.2) is 58.3 Å². The molecule has 1 unspecified atom stereocenters. The van der Waals surface area contributed by atoms with Crippen molar-refractivity contribution in [1.82, 2.24) is 0 Å². The number of nitrogens with zero attached hydrogens (tertiary/aromatic N) is 1. The molecule has 0 bridgehead atoms. The summed E-state index contributed by atoms with van der Waals surface area (Å²) in [5.74, 6) is -1.96. The molecule has 0 aliphatic rings. The molecule has 1 atom stereocenters. The standard InChI is InChI=1S/C16H13F3N2O6S/c1-15(23,16(17,18)19)14(22)20-12-8-7-11(9-13(12)21(24)25)28(26,27)10-5-3-2-4-6-10/h2-9,23H,1H3,(H,20,22). The van der Waals surface area contributed by atoms with Crippen molar-refractivity contribution in [1.29, 1.82) is 0 Å². The van der Waals surface area contributed by atoms with Gasteiger partial charge in [0.1, 0.15) is 5.69 Å². The second-order valence-electron chi connectivity index (χ2n) is 5.78. The van der Waals surface area contributed by atoms with Gasteiger partial charge >= 0.3 is 6.18 Å². The number of nitro groups is 1. The molecule has 0 saturated carbocycles. The molecule has 28 heavy (non-hydrogen) atoms. The summed E-state index contributed by atoms with van der Waals surface area (Å²) in [6.45, 7) is 0.183. The van der Waals surface area contributed by atoms with Crippen LogP contribution in [0.4, 0.5) is 24.5 Å². The molecule has 12 heteroatoms. The van der Waals surface area contributed by atoms with E-state index in [4.69, 9.17) is 0 Å². The topological polar surface area (TPSA) is 127 Å². The molecule has 1 amide bonds. The van der Waals surface area contributed by atoms with Gasteiger partial charge in [-0.05, 0) is 31.2 Å². The van der Waals surface area contributed by atoms with Crippen molar-refractivity contribution in [2.75, 3.05) is 5.32 Å². The number of nitrogens with one attached hydrogen (secondary N) is 1. The maximum atomic E-state index is 12.7. The van der Waals surface area contributed by atoms with E-state index in [9.17, 15) is 41.6 Å². The first-order chi connectivity index (χ1) is 12.8. The van der Waals surface area contributed by atoms with Gasteiger partial charge in [0, 0.05) is 6.07 Å². The number of alkyl halides is 3. The van der Waals surface area contributed by atoms with Gasteiger partial charge in [-0.2, -0.15) is 13.2 Å². The van der Waals surface area contributed by atoms with Crippen LogP contribution in [0.3, 0.4) is 0 Å². The predicted molar refractivity (Wildman–Crippen MR) is 90.3 cm³/mol. The maximum Gasteiger partial charge on any atom is 0.426 e. The smallest absolute Gasteiger partial charge is 0.373 e. The molecular weight excluding hydrogens is 405 g/mol. The van der Waals surface area contributed by atoms with Crippen molar-refractivity contribution in [2.24, 2.45) is 0 Å². The molecule has 0 spiro atoms. The Bertz CT molecular complexity index is 1020. The number of aliphatic hydroxyl groups is 1. The minimum atomic E-state index is -5.33. The highest BCUT2D eigenvalue weighted by Crippen LogP contribution is 2.34. The van der Waals surface area contributed by atoms with Crippen LogP contribution >= 0.6 is 0 Å². The molecule has 2 rings (SSSR count). The monoisotopic (exact) mass is 418 g/mol. The van der Waals surface area contributed by atoms with E-state index in [1.807, 2.05) is 0 Å². The number of halogens is 3. The Balaban J connectivity index is 2.48. The van der Waals surface area contributed by atoms with Crippen molar-refractivity contribution >= 4 is 27.1 Å². The van der Waals surface area contributed by atoms with E-state index < -0.39 is 48.7 Å². The minimum Gasteiger partial charge on any atom is -0.373 e. The third-order valence-corrected chi connectivity index (χ3v) is 5.54. The van der Waals surface area contributed by atoms with Gasteiger partial charge in [0.05, 0.1) is 14.7 Å². The van der Waals surface area contributed by atoms with Gasteiger partial charge in [-0.15, -0.1) is 0 Å². The highest BCUT2D eigenvalue weighted by Gasteiger charge is 2.56. The molecule has 0 saturated heterocycles. The number of sulfone groups is 1. The molecule has 0 fully saturated rings. The Labute approximate surface area is 156 Å². The van der Waals surface area contributed by atoms with Gasteiger partial charge in [-0.3, -0.25) is 14.9 Å².